The molecule has 3 heteroatoms. The van der Waals surface area contributed by atoms with Gasteiger partial charge in [0.2, 0.25) is 0 Å². The Hall–Kier alpha value is 0.270. The first-order valence-electron chi connectivity index (χ1n) is 5.67. The molecule has 0 radical (unpaired) electrons. The van der Waals surface area contributed by atoms with E-state index in [0.717, 1.165) is 19.1 Å². The van der Waals surface area contributed by atoms with Crippen molar-refractivity contribution in [2.24, 2.45) is 17.6 Å². The lowest BCUT2D eigenvalue weighted by atomic mass is 9.79. The second-order valence-electron chi connectivity index (χ2n) is 4.80. The summed E-state index contributed by atoms with van der Waals surface area (Å²) in [6.45, 7) is 4.06. The number of hydrogen-bond donors (Lipinski definition) is 1. The van der Waals surface area contributed by atoms with Gasteiger partial charge < -0.3 is 10.5 Å². The molecule has 3 unspecified atom stereocenters. The van der Waals surface area contributed by atoms with Crippen molar-refractivity contribution >= 4 is 11.8 Å². The molecule has 0 aliphatic carbocycles. The van der Waals surface area contributed by atoms with Crippen LogP contribution in [-0.4, -0.2) is 30.3 Å². The van der Waals surface area contributed by atoms with Gasteiger partial charge in [-0.25, -0.2) is 0 Å². The molecule has 1 spiro atoms. The fourth-order valence-corrected chi connectivity index (χ4v) is 3.99. The van der Waals surface area contributed by atoms with Gasteiger partial charge in [0.1, 0.15) is 0 Å². The SMILES string of the molecule is CC(CN)C1CCOC2(CCSC2)C1. The quantitative estimate of drug-likeness (QED) is 0.764. The van der Waals surface area contributed by atoms with E-state index in [-0.39, 0.29) is 5.60 Å². The molecule has 0 aromatic heterocycles. The normalized spacial score (nSPS) is 40.3. The zero-order valence-electron chi connectivity index (χ0n) is 9.00. The Morgan fingerprint density at radius 1 is 1.64 bits per heavy atom. The second-order valence-corrected chi connectivity index (χ2v) is 5.91. The van der Waals surface area contributed by atoms with Gasteiger partial charge in [0, 0.05) is 12.4 Å². The molecule has 2 aliphatic heterocycles. The summed E-state index contributed by atoms with van der Waals surface area (Å²) >= 11 is 2.04. The number of rotatable bonds is 2. The minimum Gasteiger partial charge on any atom is -0.374 e. The molecule has 2 aliphatic rings. The number of hydrogen-bond acceptors (Lipinski definition) is 3. The third-order valence-corrected chi connectivity index (χ3v) is 5.00. The predicted octanol–water partition coefficient (Wildman–Crippen LogP) is 1.88. The predicted molar refractivity (Wildman–Crippen MR) is 61.6 cm³/mol. The van der Waals surface area contributed by atoms with Gasteiger partial charge in [-0.3, -0.25) is 0 Å². The van der Waals surface area contributed by atoms with E-state index in [4.69, 9.17) is 10.5 Å². The first-order chi connectivity index (χ1) is 6.76. The van der Waals surface area contributed by atoms with Gasteiger partial charge in [-0.1, -0.05) is 6.92 Å². The van der Waals surface area contributed by atoms with Gasteiger partial charge in [0.05, 0.1) is 5.60 Å². The first-order valence-corrected chi connectivity index (χ1v) is 6.83. The van der Waals surface area contributed by atoms with Crippen LogP contribution in [0.2, 0.25) is 0 Å². The molecule has 0 bridgehead atoms. The zero-order chi connectivity index (χ0) is 10.0. The monoisotopic (exact) mass is 215 g/mol. The summed E-state index contributed by atoms with van der Waals surface area (Å²) in [7, 11) is 0. The fourth-order valence-electron chi connectivity index (χ4n) is 2.61. The summed E-state index contributed by atoms with van der Waals surface area (Å²) in [6, 6.07) is 0. The summed E-state index contributed by atoms with van der Waals surface area (Å²) < 4.78 is 5.99. The van der Waals surface area contributed by atoms with Crippen molar-refractivity contribution in [1.29, 1.82) is 0 Å². The number of nitrogens with two attached hydrogens (primary N) is 1. The summed E-state index contributed by atoms with van der Waals surface area (Å²) in [5, 5.41) is 0. The van der Waals surface area contributed by atoms with Gasteiger partial charge >= 0.3 is 0 Å². The Kier molecular flexibility index (Phi) is 3.40. The number of thioether (sulfide) groups is 1. The van der Waals surface area contributed by atoms with Crippen LogP contribution in [0, 0.1) is 11.8 Å². The highest BCUT2D eigenvalue weighted by atomic mass is 32.2. The van der Waals surface area contributed by atoms with Crippen LogP contribution in [0.3, 0.4) is 0 Å². The molecular formula is C11H21NOS. The molecule has 2 heterocycles. The maximum absolute atomic E-state index is 5.99. The molecule has 82 valence electrons. The van der Waals surface area contributed by atoms with Crippen LogP contribution in [0.15, 0.2) is 0 Å². The van der Waals surface area contributed by atoms with Crippen LogP contribution in [0.5, 0.6) is 0 Å². The van der Waals surface area contributed by atoms with Gasteiger partial charge in [-0.2, -0.15) is 11.8 Å². The molecule has 0 aromatic rings. The third-order valence-electron chi connectivity index (χ3n) is 3.77. The maximum Gasteiger partial charge on any atom is 0.0783 e. The van der Waals surface area contributed by atoms with Crippen molar-refractivity contribution in [2.45, 2.75) is 31.8 Å². The zero-order valence-corrected chi connectivity index (χ0v) is 9.81. The minimum atomic E-state index is 0.233. The van der Waals surface area contributed by atoms with Crippen LogP contribution in [0.4, 0.5) is 0 Å². The van der Waals surface area contributed by atoms with Crippen molar-refractivity contribution in [3.63, 3.8) is 0 Å². The van der Waals surface area contributed by atoms with E-state index in [1.807, 2.05) is 11.8 Å². The lowest BCUT2D eigenvalue weighted by Gasteiger charge is -2.39. The highest BCUT2D eigenvalue weighted by Crippen LogP contribution is 2.42. The lowest BCUT2D eigenvalue weighted by Crippen LogP contribution is -2.42. The van der Waals surface area contributed by atoms with Gasteiger partial charge in [-0.15, -0.1) is 0 Å². The molecular weight excluding hydrogens is 194 g/mol. The topological polar surface area (TPSA) is 35.2 Å². The van der Waals surface area contributed by atoms with Crippen LogP contribution < -0.4 is 5.73 Å². The Bertz CT molecular complexity index is 192. The average Bonchev–Trinajstić information content (AvgIpc) is 2.65. The van der Waals surface area contributed by atoms with E-state index in [9.17, 15) is 0 Å². The Balaban J connectivity index is 1.96. The molecule has 0 aromatic carbocycles. The Morgan fingerprint density at radius 2 is 2.50 bits per heavy atom. The summed E-state index contributed by atoms with van der Waals surface area (Å²) in [4.78, 5) is 0. The fraction of sp³-hybridized carbons (Fsp3) is 1.00. The highest BCUT2D eigenvalue weighted by molar-refractivity contribution is 7.99. The van der Waals surface area contributed by atoms with Crippen molar-refractivity contribution in [3.8, 4) is 0 Å². The smallest absolute Gasteiger partial charge is 0.0783 e. The summed E-state index contributed by atoms with van der Waals surface area (Å²) in [5.41, 5.74) is 5.98. The molecule has 3 atom stereocenters. The number of ether oxygens (including phenoxy) is 1. The van der Waals surface area contributed by atoms with E-state index in [0.29, 0.717) is 5.92 Å². The van der Waals surface area contributed by atoms with Crippen LogP contribution in [0.1, 0.15) is 26.2 Å². The molecule has 2 N–H and O–H groups in total. The van der Waals surface area contributed by atoms with Crippen molar-refractivity contribution in [2.75, 3.05) is 24.7 Å². The van der Waals surface area contributed by atoms with Gasteiger partial charge in [-0.05, 0) is 43.4 Å². The molecule has 2 fully saturated rings. The second kappa shape index (κ2) is 4.42. The highest BCUT2D eigenvalue weighted by Gasteiger charge is 2.41. The molecule has 2 rings (SSSR count). The summed E-state index contributed by atoms with van der Waals surface area (Å²) in [5.74, 6) is 3.96. The van der Waals surface area contributed by atoms with Crippen molar-refractivity contribution in [3.05, 3.63) is 0 Å². The Morgan fingerprint density at radius 3 is 3.14 bits per heavy atom. The molecule has 0 saturated carbocycles. The Labute approximate surface area is 91.0 Å². The van der Waals surface area contributed by atoms with Crippen LogP contribution in [0.25, 0.3) is 0 Å². The van der Waals surface area contributed by atoms with E-state index in [1.54, 1.807) is 0 Å². The van der Waals surface area contributed by atoms with Gasteiger partial charge in [0.15, 0.2) is 0 Å². The average molecular weight is 215 g/mol. The molecule has 2 saturated heterocycles. The first kappa shape index (κ1) is 10.8. The maximum atomic E-state index is 5.99. The standard InChI is InChI=1S/C11H21NOS/c1-9(7-12)10-2-4-13-11(6-10)3-5-14-8-11/h9-10H,2-8,12H2,1H3. The minimum absolute atomic E-state index is 0.233. The van der Waals surface area contributed by atoms with E-state index >= 15 is 0 Å². The van der Waals surface area contributed by atoms with Crippen molar-refractivity contribution in [1.82, 2.24) is 0 Å². The summed E-state index contributed by atoms with van der Waals surface area (Å²) in [6.07, 6.45) is 3.72. The largest absolute Gasteiger partial charge is 0.374 e. The van der Waals surface area contributed by atoms with E-state index in [2.05, 4.69) is 6.92 Å². The molecule has 2 nitrogen and oxygen atoms in total. The van der Waals surface area contributed by atoms with Crippen LogP contribution in [-0.2, 0) is 4.74 Å². The van der Waals surface area contributed by atoms with Crippen LogP contribution >= 0.6 is 11.8 Å². The molecule has 14 heavy (non-hydrogen) atoms. The van der Waals surface area contributed by atoms with Gasteiger partial charge in [0.25, 0.3) is 0 Å². The molecule has 0 amide bonds. The van der Waals surface area contributed by atoms with E-state index in [1.165, 1.54) is 30.8 Å². The third kappa shape index (κ3) is 2.10. The van der Waals surface area contributed by atoms with E-state index < -0.39 is 0 Å². The lowest BCUT2D eigenvalue weighted by molar-refractivity contribution is -0.0872. The van der Waals surface area contributed by atoms with Crippen molar-refractivity contribution < 1.29 is 4.74 Å².